The zero-order valence-corrected chi connectivity index (χ0v) is 13.1. The van der Waals surface area contributed by atoms with Crippen LogP contribution in [-0.2, 0) is 4.74 Å². The van der Waals surface area contributed by atoms with E-state index in [1.54, 1.807) is 0 Å². The van der Waals surface area contributed by atoms with Gasteiger partial charge < -0.3 is 9.64 Å². The smallest absolute Gasteiger partial charge is 0.0515 e. The molecule has 0 bridgehead atoms. The highest BCUT2D eigenvalue weighted by molar-refractivity contribution is 5.48. The van der Waals surface area contributed by atoms with E-state index in [4.69, 9.17) is 4.74 Å². The number of hydrogen-bond donors (Lipinski definition) is 0. The molecular formula is C17H29NO. The molecule has 1 unspecified atom stereocenters. The van der Waals surface area contributed by atoms with E-state index < -0.39 is 0 Å². The molecule has 1 aromatic rings. The fraction of sp³-hybridized carbons (Fsp3) is 0.647. The summed E-state index contributed by atoms with van der Waals surface area (Å²) in [4.78, 5) is 2.50. The highest BCUT2D eigenvalue weighted by Gasteiger charge is 2.36. The molecule has 3 rings (SSSR count). The summed E-state index contributed by atoms with van der Waals surface area (Å²) < 4.78 is 5.49. The fourth-order valence-electron chi connectivity index (χ4n) is 2.65. The maximum absolute atomic E-state index is 5.49. The number of nitrogens with zero attached hydrogens (tertiary/aromatic N) is 1. The van der Waals surface area contributed by atoms with E-state index in [1.807, 2.05) is 27.7 Å². The Kier molecular flexibility index (Phi) is 6.93. The zero-order valence-electron chi connectivity index (χ0n) is 13.1. The van der Waals surface area contributed by atoms with Gasteiger partial charge in [-0.1, -0.05) is 45.4 Å². The molecule has 0 amide bonds. The summed E-state index contributed by atoms with van der Waals surface area (Å²) >= 11 is 0. The lowest BCUT2D eigenvalue weighted by Gasteiger charge is -2.19. The van der Waals surface area contributed by atoms with Crippen molar-refractivity contribution in [3.05, 3.63) is 29.8 Å². The Bertz CT molecular complexity index is 335. The SMILES string of the molecule is CC.CC.Cc1ccc(N2CC3COC[C@H]3C2)cc1. The van der Waals surface area contributed by atoms with Crippen LogP contribution in [0.3, 0.4) is 0 Å². The third kappa shape index (κ3) is 3.97. The molecule has 2 atom stereocenters. The monoisotopic (exact) mass is 263 g/mol. The van der Waals surface area contributed by atoms with Gasteiger partial charge in [0.2, 0.25) is 0 Å². The van der Waals surface area contributed by atoms with Gasteiger partial charge in [0.15, 0.2) is 0 Å². The average molecular weight is 263 g/mol. The molecule has 2 aliphatic heterocycles. The molecule has 2 aliphatic rings. The summed E-state index contributed by atoms with van der Waals surface area (Å²) in [6, 6.07) is 8.86. The van der Waals surface area contributed by atoms with Crippen LogP contribution in [0.25, 0.3) is 0 Å². The van der Waals surface area contributed by atoms with Gasteiger partial charge in [0.1, 0.15) is 0 Å². The Hall–Kier alpha value is -1.02. The second-order valence-electron chi connectivity index (χ2n) is 4.80. The third-order valence-corrected chi connectivity index (χ3v) is 3.64. The van der Waals surface area contributed by atoms with Crippen molar-refractivity contribution in [2.75, 3.05) is 31.2 Å². The first-order valence-corrected chi connectivity index (χ1v) is 7.72. The Morgan fingerprint density at radius 3 is 1.84 bits per heavy atom. The summed E-state index contributed by atoms with van der Waals surface area (Å²) in [6.45, 7) is 14.4. The molecule has 0 N–H and O–H groups in total. The molecule has 0 radical (unpaired) electrons. The van der Waals surface area contributed by atoms with Crippen LogP contribution in [0.15, 0.2) is 24.3 Å². The van der Waals surface area contributed by atoms with E-state index in [2.05, 4.69) is 36.1 Å². The molecule has 2 nitrogen and oxygen atoms in total. The molecule has 1 aromatic carbocycles. The van der Waals surface area contributed by atoms with E-state index >= 15 is 0 Å². The predicted molar refractivity (Wildman–Crippen MR) is 83.9 cm³/mol. The Labute approximate surface area is 118 Å². The topological polar surface area (TPSA) is 12.5 Å². The molecular weight excluding hydrogens is 234 g/mol. The summed E-state index contributed by atoms with van der Waals surface area (Å²) in [5, 5.41) is 0. The lowest BCUT2D eigenvalue weighted by Crippen LogP contribution is -2.21. The quantitative estimate of drug-likeness (QED) is 0.755. The molecule has 0 spiro atoms. The zero-order chi connectivity index (χ0) is 14.3. The van der Waals surface area contributed by atoms with Crippen LogP contribution in [0.1, 0.15) is 33.3 Å². The first-order valence-electron chi connectivity index (χ1n) is 7.72. The summed E-state index contributed by atoms with van der Waals surface area (Å²) in [5.74, 6) is 1.54. The van der Waals surface area contributed by atoms with Crippen molar-refractivity contribution in [2.45, 2.75) is 34.6 Å². The van der Waals surface area contributed by atoms with Crippen LogP contribution < -0.4 is 4.90 Å². The van der Waals surface area contributed by atoms with Gasteiger partial charge in [-0.3, -0.25) is 0 Å². The van der Waals surface area contributed by atoms with Crippen molar-refractivity contribution >= 4 is 5.69 Å². The number of rotatable bonds is 1. The van der Waals surface area contributed by atoms with Crippen molar-refractivity contribution in [3.63, 3.8) is 0 Å². The molecule has 108 valence electrons. The predicted octanol–water partition coefficient (Wildman–Crippen LogP) is 4.13. The maximum atomic E-state index is 5.49. The number of hydrogen-bond acceptors (Lipinski definition) is 2. The molecule has 2 saturated heterocycles. The highest BCUT2D eigenvalue weighted by Crippen LogP contribution is 2.32. The lowest BCUT2D eigenvalue weighted by molar-refractivity contribution is 0.177. The van der Waals surface area contributed by atoms with E-state index in [0.717, 1.165) is 25.0 Å². The minimum Gasteiger partial charge on any atom is -0.381 e. The minimum atomic E-state index is 0.770. The first-order chi connectivity index (χ1) is 9.33. The van der Waals surface area contributed by atoms with Crippen molar-refractivity contribution in [2.24, 2.45) is 11.8 Å². The van der Waals surface area contributed by atoms with Gasteiger partial charge in [-0.15, -0.1) is 0 Å². The van der Waals surface area contributed by atoms with Crippen molar-refractivity contribution in [3.8, 4) is 0 Å². The van der Waals surface area contributed by atoms with Crippen LogP contribution in [0.2, 0.25) is 0 Å². The molecule has 0 saturated carbocycles. The van der Waals surface area contributed by atoms with E-state index in [0.29, 0.717) is 0 Å². The molecule has 2 heteroatoms. The van der Waals surface area contributed by atoms with Crippen LogP contribution in [0.5, 0.6) is 0 Å². The molecule has 19 heavy (non-hydrogen) atoms. The average Bonchev–Trinajstić information content (AvgIpc) is 3.05. The van der Waals surface area contributed by atoms with E-state index in [1.165, 1.54) is 24.3 Å². The number of fused-ring (bicyclic) bond motifs is 1. The van der Waals surface area contributed by atoms with E-state index in [-0.39, 0.29) is 0 Å². The first kappa shape index (κ1) is 16.0. The second kappa shape index (κ2) is 8.21. The minimum absolute atomic E-state index is 0.770. The summed E-state index contributed by atoms with van der Waals surface area (Å²) in [7, 11) is 0. The van der Waals surface area contributed by atoms with E-state index in [9.17, 15) is 0 Å². The van der Waals surface area contributed by atoms with Gasteiger partial charge >= 0.3 is 0 Å². The number of ether oxygens (including phenoxy) is 1. The maximum Gasteiger partial charge on any atom is 0.0515 e. The van der Waals surface area contributed by atoms with Crippen LogP contribution in [0.4, 0.5) is 5.69 Å². The standard InChI is InChI=1S/C13H17NO.2C2H6/c1-10-2-4-13(5-3-10)14-6-11-8-15-9-12(11)7-14;2*1-2/h2-5,11-12H,6-9H2,1H3;2*1-2H3/t11-,12?;;/m1../s1. The van der Waals surface area contributed by atoms with Crippen molar-refractivity contribution in [1.82, 2.24) is 0 Å². The van der Waals surface area contributed by atoms with Crippen molar-refractivity contribution < 1.29 is 4.74 Å². The molecule has 0 aliphatic carbocycles. The number of aryl methyl sites for hydroxylation is 1. The third-order valence-electron chi connectivity index (χ3n) is 3.64. The number of benzene rings is 1. The Morgan fingerprint density at radius 2 is 1.37 bits per heavy atom. The lowest BCUT2D eigenvalue weighted by atomic mass is 10.0. The summed E-state index contributed by atoms with van der Waals surface area (Å²) in [6.07, 6.45) is 0. The largest absolute Gasteiger partial charge is 0.381 e. The van der Waals surface area contributed by atoms with Crippen LogP contribution >= 0.6 is 0 Å². The van der Waals surface area contributed by atoms with Gasteiger partial charge in [-0.2, -0.15) is 0 Å². The Balaban J connectivity index is 0.000000415. The highest BCUT2D eigenvalue weighted by atomic mass is 16.5. The second-order valence-corrected chi connectivity index (χ2v) is 4.80. The van der Waals surface area contributed by atoms with Gasteiger partial charge in [-0.05, 0) is 19.1 Å². The molecule has 0 aromatic heterocycles. The van der Waals surface area contributed by atoms with Gasteiger partial charge in [0, 0.05) is 30.6 Å². The number of anilines is 1. The molecule has 2 fully saturated rings. The Morgan fingerprint density at radius 1 is 0.895 bits per heavy atom. The fourth-order valence-corrected chi connectivity index (χ4v) is 2.65. The van der Waals surface area contributed by atoms with Gasteiger partial charge in [0.05, 0.1) is 13.2 Å². The molecule has 2 heterocycles. The van der Waals surface area contributed by atoms with Crippen LogP contribution in [-0.4, -0.2) is 26.3 Å². The van der Waals surface area contributed by atoms with Crippen LogP contribution in [0, 0.1) is 18.8 Å². The summed E-state index contributed by atoms with van der Waals surface area (Å²) in [5.41, 5.74) is 2.71. The normalized spacial score (nSPS) is 23.9. The van der Waals surface area contributed by atoms with Crippen molar-refractivity contribution in [1.29, 1.82) is 0 Å². The van der Waals surface area contributed by atoms with Gasteiger partial charge in [-0.25, -0.2) is 0 Å². The van der Waals surface area contributed by atoms with Gasteiger partial charge in [0.25, 0.3) is 0 Å².